The molecule has 0 unspecified atom stereocenters. The molecule has 3 aromatic rings. The van der Waals surface area contributed by atoms with Crippen molar-refractivity contribution in [3.05, 3.63) is 62.1 Å². The van der Waals surface area contributed by atoms with Gasteiger partial charge in [-0.2, -0.15) is 13.2 Å². The molecule has 29 heavy (non-hydrogen) atoms. The third kappa shape index (κ3) is 4.26. The van der Waals surface area contributed by atoms with E-state index in [1.807, 2.05) is 0 Å². The maximum atomic E-state index is 13.1. The van der Waals surface area contributed by atoms with Crippen LogP contribution in [0, 0.1) is 0 Å². The Kier molecular flexibility index (Phi) is 5.67. The van der Waals surface area contributed by atoms with E-state index >= 15 is 0 Å². The number of hydrogen-bond donors (Lipinski definition) is 1. The van der Waals surface area contributed by atoms with Crippen LogP contribution in [-0.4, -0.2) is 23.8 Å². The molecule has 0 atom stereocenters. The van der Waals surface area contributed by atoms with Crippen LogP contribution in [0.5, 0.6) is 0 Å². The number of nitrogens with zero attached hydrogens (tertiary/aromatic N) is 2. The van der Waals surface area contributed by atoms with E-state index in [-0.39, 0.29) is 36.7 Å². The Bertz CT molecular complexity index is 1280. The highest BCUT2D eigenvalue weighted by Gasteiger charge is 2.32. The molecule has 0 bridgehead atoms. The van der Waals surface area contributed by atoms with Crippen LogP contribution in [0.25, 0.3) is 10.9 Å². The van der Waals surface area contributed by atoms with E-state index in [2.05, 4.69) is 26.3 Å². The van der Waals surface area contributed by atoms with Crippen molar-refractivity contribution in [1.29, 1.82) is 0 Å². The lowest BCUT2D eigenvalue weighted by Gasteiger charge is -2.15. The third-order valence-electron chi connectivity index (χ3n) is 4.04. The van der Waals surface area contributed by atoms with Gasteiger partial charge in [-0.1, -0.05) is 18.5 Å². The number of aromatic nitrogens is 2. The van der Waals surface area contributed by atoms with Crippen molar-refractivity contribution in [3.8, 4) is 0 Å². The van der Waals surface area contributed by atoms with Crippen LogP contribution in [-0.2, 0) is 16.0 Å². The van der Waals surface area contributed by atoms with E-state index in [1.54, 1.807) is 0 Å². The van der Waals surface area contributed by atoms with Crippen LogP contribution in [0.4, 0.5) is 18.9 Å². The minimum absolute atomic E-state index is 0.00332. The summed E-state index contributed by atoms with van der Waals surface area (Å²) in [6, 6.07) is 5.47. The largest absolute Gasteiger partial charge is 0.416 e. The van der Waals surface area contributed by atoms with Crippen LogP contribution in [0.15, 0.2) is 50.8 Å². The van der Waals surface area contributed by atoms with Gasteiger partial charge in [-0.05, 0) is 46.3 Å². The quantitative estimate of drug-likeness (QED) is 0.559. The monoisotopic (exact) mass is 509 g/mol. The summed E-state index contributed by atoms with van der Waals surface area (Å²) in [5, 5.41) is -0.102. The van der Waals surface area contributed by atoms with Gasteiger partial charge < -0.3 is 0 Å². The summed E-state index contributed by atoms with van der Waals surface area (Å²) in [5.74, 6) is -0.198. The zero-order valence-corrected chi connectivity index (χ0v) is 17.7. The number of nitrogens with one attached hydrogen (secondary N) is 1. The number of anilines is 1. The van der Waals surface area contributed by atoms with Gasteiger partial charge in [0.05, 0.1) is 32.8 Å². The van der Waals surface area contributed by atoms with Crippen LogP contribution in [0.3, 0.4) is 0 Å². The van der Waals surface area contributed by atoms with Gasteiger partial charge in [-0.15, -0.1) is 0 Å². The molecule has 154 valence electrons. The summed E-state index contributed by atoms with van der Waals surface area (Å²) in [6.07, 6.45) is -3.61. The molecule has 0 fully saturated rings. The minimum Gasteiger partial charge on any atom is -0.289 e. The Labute approximate surface area is 176 Å². The van der Waals surface area contributed by atoms with Crippen LogP contribution in [0.2, 0.25) is 5.02 Å². The molecule has 0 aliphatic carbocycles. The van der Waals surface area contributed by atoms with Crippen molar-refractivity contribution in [2.75, 3.05) is 11.2 Å². The lowest BCUT2D eigenvalue weighted by Crippen LogP contribution is -2.28. The highest BCUT2D eigenvalue weighted by Crippen LogP contribution is 2.34. The molecule has 3 rings (SSSR count). The zero-order chi connectivity index (χ0) is 21.6. The molecule has 0 amide bonds. The molecule has 6 nitrogen and oxygen atoms in total. The first-order valence-electron chi connectivity index (χ1n) is 8.01. The van der Waals surface area contributed by atoms with Crippen molar-refractivity contribution in [3.63, 3.8) is 0 Å². The predicted molar refractivity (Wildman–Crippen MR) is 107 cm³/mol. The van der Waals surface area contributed by atoms with E-state index in [4.69, 9.17) is 11.6 Å². The SMILES string of the molecule is CCS(=O)(=O)c1ccc(Cl)cc1Nn1cnc2c(Br)cc(C(F)(F)F)cc2c1=O. The second-order valence-electron chi connectivity index (χ2n) is 5.93. The predicted octanol–water partition coefficient (Wildman–Crippen LogP) is 4.50. The molecule has 1 N–H and O–H groups in total. The Balaban J connectivity index is 2.20. The van der Waals surface area contributed by atoms with Crippen molar-refractivity contribution < 1.29 is 21.6 Å². The average Bonchev–Trinajstić information content (AvgIpc) is 2.63. The van der Waals surface area contributed by atoms with Gasteiger partial charge in [0.15, 0.2) is 9.84 Å². The fourth-order valence-corrected chi connectivity index (χ4v) is 4.34. The lowest BCUT2D eigenvalue weighted by atomic mass is 10.1. The molecule has 0 spiro atoms. The average molecular weight is 511 g/mol. The highest BCUT2D eigenvalue weighted by atomic mass is 79.9. The number of alkyl halides is 3. The fourth-order valence-electron chi connectivity index (χ4n) is 2.58. The van der Waals surface area contributed by atoms with E-state index in [9.17, 15) is 26.4 Å². The highest BCUT2D eigenvalue weighted by molar-refractivity contribution is 9.10. The first-order valence-corrected chi connectivity index (χ1v) is 10.8. The molecular weight excluding hydrogens is 499 g/mol. The molecule has 0 saturated carbocycles. The van der Waals surface area contributed by atoms with E-state index < -0.39 is 27.1 Å². The summed E-state index contributed by atoms with van der Waals surface area (Å²) >= 11 is 8.93. The van der Waals surface area contributed by atoms with E-state index in [1.165, 1.54) is 25.1 Å². The molecule has 0 aliphatic rings. The number of rotatable bonds is 4. The topological polar surface area (TPSA) is 81.1 Å². The van der Waals surface area contributed by atoms with Crippen molar-refractivity contribution in [1.82, 2.24) is 9.66 Å². The molecule has 0 saturated heterocycles. The molecule has 1 aromatic heterocycles. The number of sulfone groups is 1. The number of halogens is 5. The van der Waals surface area contributed by atoms with Gasteiger partial charge in [0.2, 0.25) is 0 Å². The maximum absolute atomic E-state index is 13.1. The number of benzene rings is 2. The van der Waals surface area contributed by atoms with Gasteiger partial charge in [-0.3, -0.25) is 10.2 Å². The van der Waals surface area contributed by atoms with Gasteiger partial charge in [0, 0.05) is 9.50 Å². The van der Waals surface area contributed by atoms with Gasteiger partial charge >= 0.3 is 6.18 Å². The Morgan fingerprint density at radius 1 is 1.24 bits per heavy atom. The second-order valence-corrected chi connectivity index (χ2v) is 9.46. The molecule has 1 heterocycles. The van der Waals surface area contributed by atoms with E-state index in [0.717, 1.165) is 17.1 Å². The number of fused-ring (bicyclic) bond motifs is 1. The Hall–Kier alpha value is -2.11. The first kappa shape index (κ1) is 21.6. The number of hydrogen-bond acceptors (Lipinski definition) is 5. The van der Waals surface area contributed by atoms with Crippen molar-refractivity contribution in [2.45, 2.75) is 18.0 Å². The van der Waals surface area contributed by atoms with E-state index in [0.29, 0.717) is 6.07 Å². The Morgan fingerprint density at radius 2 is 1.93 bits per heavy atom. The molecule has 2 aromatic carbocycles. The van der Waals surface area contributed by atoms with Crippen LogP contribution in [0.1, 0.15) is 12.5 Å². The standard InChI is InChI=1S/C17H12BrClF3N3O3S/c1-2-29(27,28)14-4-3-10(19)7-13(14)24-25-8-23-15-11(16(25)26)5-9(6-12(15)18)17(20,21)22/h3-8,24H,2H2,1H3. The van der Waals surface area contributed by atoms with Crippen LogP contribution >= 0.6 is 27.5 Å². The molecule has 12 heteroatoms. The molecule has 0 radical (unpaired) electrons. The van der Waals surface area contributed by atoms with Gasteiger partial charge in [0.25, 0.3) is 5.56 Å². The third-order valence-corrected chi connectivity index (χ3v) is 6.67. The second kappa shape index (κ2) is 7.62. The zero-order valence-electron chi connectivity index (χ0n) is 14.6. The van der Waals surface area contributed by atoms with Gasteiger partial charge in [0.1, 0.15) is 6.33 Å². The van der Waals surface area contributed by atoms with Crippen molar-refractivity contribution in [2.24, 2.45) is 0 Å². The minimum atomic E-state index is -4.66. The molecule has 0 aliphatic heterocycles. The van der Waals surface area contributed by atoms with Crippen molar-refractivity contribution >= 4 is 54.0 Å². The summed E-state index contributed by atoms with van der Waals surface area (Å²) < 4.78 is 64.7. The summed E-state index contributed by atoms with van der Waals surface area (Å²) in [6.45, 7) is 1.45. The smallest absolute Gasteiger partial charge is 0.289 e. The summed E-state index contributed by atoms with van der Waals surface area (Å²) in [5.41, 5.74) is 0.735. The normalized spacial score (nSPS) is 12.3. The van der Waals surface area contributed by atoms with Gasteiger partial charge in [-0.25, -0.2) is 18.1 Å². The Morgan fingerprint density at radius 3 is 2.55 bits per heavy atom. The summed E-state index contributed by atoms with van der Waals surface area (Å²) in [4.78, 5) is 16.7. The summed E-state index contributed by atoms with van der Waals surface area (Å²) in [7, 11) is -3.67. The fraction of sp³-hybridized carbons (Fsp3) is 0.176. The molecular formula is C17H12BrClF3N3O3S. The van der Waals surface area contributed by atoms with Crippen LogP contribution < -0.4 is 11.0 Å². The first-order chi connectivity index (χ1) is 13.4. The maximum Gasteiger partial charge on any atom is 0.416 e. The lowest BCUT2D eigenvalue weighted by molar-refractivity contribution is -0.137.